The topological polar surface area (TPSA) is 64.0 Å². The van der Waals surface area contributed by atoms with E-state index in [4.69, 9.17) is 0 Å². The molecule has 0 fully saturated rings. The Bertz CT molecular complexity index is 947. The third-order valence-electron chi connectivity index (χ3n) is 3.78. The fraction of sp³-hybridized carbons (Fsp3) is 0.235. The molecule has 1 N–H and O–H groups in total. The summed E-state index contributed by atoms with van der Waals surface area (Å²) in [5.41, 5.74) is 0.233. The quantitative estimate of drug-likeness (QED) is 0.788. The van der Waals surface area contributed by atoms with Gasteiger partial charge in [0.05, 0.1) is 11.7 Å². The number of aryl methyl sites for hydroxylation is 1. The predicted octanol–water partition coefficient (Wildman–Crippen LogP) is 3.36. The summed E-state index contributed by atoms with van der Waals surface area (Å²) in [5.74, 6) is -0.744. The average Bonchev–Trinajstić information content (AvgIpc) is 3.01. The molecule has 0 aliphatic heterocycles. The summed E-state index contributed by atoms with van der Waals surface area (Å²) in [5, 5.41) is 3.20. The van der Waals surface area contributed by atoms with Gasteiger partial charge in [0, 0.05) is 10.6 Å². The second-order valence-corrected chi connectivity index (χ2v) is 6.53. The first kappa shape index (κ1) is 16.3. The van der Waals surface area contributed by atoms with Crippen LogP contribution in [-0.2, 0) is 11.2 Å². The first-order valence-corrected chi connectivity index (χ1v) is 8.37. The summed E-state index contributed by atoms with van der Waals surface area (Å²) in [4.78, 5) is 31.0. The minimum Gasteiger partial charge on any atom is -0.324 e. The van der Waals surface area contributed by atoms with Crippen molar-refractivity contribution in [3.63, 3.8) is 0 Å². The fourth-order valence-corrected chi connectivity index (χ4v) is 3.27. The lowest BCUT2D eigenvalue weighted by Gasteiger charge is -2.14. The van der Waals surface area contributed by atoms with Crippen molar-refractivity contribution >= 4 is 33.1 Å². The molecule has 7 heteroatoms. The van der Waals surface area contributed by atoms with Gasteiger partial charge in [-0.05, 0) is 43.7 Å². The number of hydrogen-bond donors (Lipinski definition) is 1. The number of anilines is 1. The highest BCUT2D eigenvalue weighted by Crippen LogP contribution is 2.22. The highest BCUT2D eigenvalue weighted by atomic mass is 32.1. The Hall–Kier alpha value is -2.54. The van der Waals surface area contributed by atoms with Crippen molar-refractivity contribution in [3.8, 4) is 0 Å². The highest BCUT2D eigenvalue weighted by molar-refractivity contribution is 7.18. The molecular weight excluding hydrogens is 329 g/mol. The first-order chi connectivity index (χ1) is 11.5. The number of nitrogens with zero attached hydrogens (tertiary/aromatic N) is 2. The number of benzene rings is 1. The molecule has 124 valence electrons. The largest absolute Gasteiger partial charge is 0.324 e. The van der Waals surface area contributed by atoms with Crippen LogP contribution in [-0.4, -0.2) is 15.5 Å². The lowest BCUT2D eigenvalue weighted by atomic mass is 10.2. The minimum atomic E-state index is -0.732. The number of fused-ring (bicyclic) bond motifs is 1. The van der Waals surface area contributed by atoms with Gasteiger partial charge in [0.1, 0.15) is 16.7 Å². The summed E-state index contributed by atoms with van der Waals surface area (Å²) in [7, 11) is 0. The highest BCUT2D eigenvalue weighted by Gasteiger charge is 2.18. The van der Waals surface area contributed by atoms with Gasteiger partial charge in [-0.3, -0.25) is 14.2 Å². The van der Waals surface area contributed by atoms with E-state index in [9.17, 15) is 14.0 Å². The normalized spacial score (nSPS) is 12.3. The SMILES string of the molecule is CCc1cc2c(=O)n([C@H](C)C(=O)Nc3ccc(F)cc3)cnc2s1. The van der Waals surface area contributed by atoms with Crippen LogP contribution in [0.5, 0.6) is 0 Å². The average molecular weight is 345 g/mol. The van der Waals surface area contributed by atoms with Crippen LogP contribution in [0, 0.1) is 5.82 Å². The first-order valence-electron chi connectivity index (χ1n) is 7.55. The van der Waals surface area contributed by atoms with Crippen LogP contribution in [0.2, 0.25) is 0 Å². The molecule has 0 saturated heterocycles. The Balaban J connectivity index is 1.88. The van der Waals surface area contributed by atoms with Crippen molar-refractivity contribution in [1.82, 2.24) is 9.55 Å². The fourth-order valence-electron chi connectivity index (χ4n) is 2.34. The van der Waals surface area contributed by atoms with Crippen molar-refractivity contribution in [2.24, 2.45) is 0 Å². The van der Waals surface area contributed by atoms with Crippen LogP contribution in [0.1, 0.15) is 24.8 Å². The third kappa shape index (κ3) is 3.07. The van der Waals surface area contributed by atoms with Gasteiger partial charge in [0.15, 0.2) is 0 Å². The molecule has 0 aliphatic carbocycles. The number of nitrogens with one attached hydrogen (secondary N) is 1. The van der Waals surface area contributed by atoms with Crippen molar-refractivity contribution in [2.45, 2.75) is 26.3 Å². The van der Waals surface area contributed by atoms with Gasteiger partial charge in [-0.2, -0.15) is 0 Å². The Morgan fingerprint density at radius 2 is 2.08 bits per heavy atom. The van der Waals surface area contributed by atoms with E-state index in [2.05, 4.69) is 10.3 Å². The number of hydrogen-bond acceptors (Lipinski definition) is 4. The Morgan fingerprint density at radius 1 is 1.38 bits per heavy atom. The zero-order valence-corrected chi connectivity index (χ0v) is 14.1. The predicted molar refractivity (Wildman–Crippen MR) is 93.0 cm³/mol. The minimum absolute atomic E-state index is 0.238. The van der Waals surface area contributed by atoms with Crippen LogP contribution >= 0.6 is 11.3 Å². The van der Waals surface area contributed by atoms with E-state index in [0.717, 1.165) is 11.3 Å². The second kappa shape index (κ2) is 6.52. The van der Waals surface area contributed by atoms with Gasteiger partial charge in [0.25, 0.3) is 5.56 Å². The Kier molecular flexibility index (Phi) is 4.44. The lowest BCUT2D eigenvalue weighted by molar-refractivity contribution is -0.118. The molecule has 1 amide bonds. The van der Waals surface area contributed by atoms with Crippen LogP contribution < -0.4 is 10.9 Å². The molecule has 0 spiro atoms. The molecule has 1 aromatic carbocycles. The van der Waals surface area contributed by atoms with Gasteiger partial charge >= 0.3 is 0 Å². The van der Waals surface area contributed by atoms with Gasteiger partial charge in [-0.1, -0.05) is 6.92 Å². The molecule has 2 aromatic heterocycles. The summed E-state index contributed by atoms with van der Waals surface area (Å²) >= 11 is 1.48. The van der Waals surface area contributed by atoms with Gasteiger partial charge < -0.3 is 5.32 Å². The van der Waals surface area contributed by atoms with E-state index in [1.165, 1.54) is 46.5 Å². The molecule has 24 heavy (non-hydrogen) atoms. The standard InChI is InChI=1S/C17H16FN3O2S/c1-3-13-8-14-16(24-13)19-9-21(17(14)23)10(2)15(22)20-12-6-4-11(18)5-7-12/h4-10H,3H2,1-2H3,(H,20,22)/t10-/m1/s1. The molecule has 0 aliphatic rings. The van der Waals surface area contributed by atoms with Crippen molar-refractivity contribution < 1.29 is 9.18 Å². The summed E-state index contributed by atoms with van der Waals surface area (Å²) < 4.78 is 14.2. The number of carbonyl (C=O) groups is 1. The van der Waals surface area contributed by atoms with E-state index in [-0.39, 0.29) is 17.3 Å². The maximum atomic E-state index is 12.9. The molecule has 1 atom stereocenters. The molecule has 2 heterocycles. The molecule has 0 bridgehead atoms. The molecule has 0 radical (unpaired) electrons. The van der Waals surface area contributed by atoms with E-state index in [0.29, 0.717) is 15.9 Å². The molecule has 0 unspecified atom stereocenters. The zero-order chi connectivity index (χ0) is 17.3. The lowest BCUT2D eigenvalue weighted by Crippen LogP contribution is -2.31. The monoisotopic (exact) mass is 345 g/mol. The van der Waals surface area contributed by atoms with Crippen molar-refractivity contribution in [1.29, 1.82) is 0 Å². The van der Waals surface area contributed by atoms with E-state index in [1.807, 2.05) is 13.0 Å². The summed E-state index contributed by atoms with van der Waals surface area (Å²) in [6.45, 7) is 3.64. The number of rotatable bonds is 4. The number of amides is 1. The van der Waals surface area contributed by atoms with Gasteiger partial charge in [-0.15, -0.1) is 11.3 Å². The van der Waals surface area contributed by atoms with E-state index in [1.54, 1.807) is 6.92 Å². The Morgan fingerprint density at radius 3 is 2.75 bits per heavy atom. The smallest absolute Gasteiger partial charge is 0.262 e. The Labute approximate surface area is 141 Å². The maximum absolute atomic E-state index is 12.9. The van der Waals surface area contributed by atoms with Crippen LogP contribution in [0.25, 0.3) is 10.2 Å². The summed E-state index contributed by atoms with van der Waals surface area (Å²) in [6.07, 6.45) is 2.23. The molecule has 5 nitrogen and oxygen atoms in total. The number of thiophene rings is 1. The van der Waals surface area contributed by atoms with Crippen LogP contribution in [0.4, 0.5) is 10.1 Å². The zero-order valence-electron chi connectivity index (χ0n) is 13.2. The number of carbonyl (C=O) groups excluding carboxylic acids is 1. The van der Waals surface area contributed by atoms with Crippen molar-refractivity contribution in [3.05, 3.63) is 57.7 Å². The molecule has 3 aromatic rings. The third-order valence-corrected chi connectivity index (χ3v) is 4.97. The molecule has 0 saturated carbocycles. The van der Waals surface area contributed by atoms with E-state index < -0.39 is 6.04 Å². The summed E-state index contributed by atoms with van der Waals surface area (Å²) in [6, 6.07) is 6.56. The number of halogens is 1. The second-order valence-electron chi connectivity index (χ2n) is 5.41. The number of aromatic nitrogens is 2. The molecular formula is C17H16FN3O2S. The van der Waals surface area contributed by atoms with Gasteiger partial charge in [-0.25, -0.2) is 9.37 Å². The van der Waals surface area contributed by atoms with Gasteiger partial charge in [0.2, 0.25) is 5.91 Å². The van der Waals surface area contributed by atoms with Crippen LogP contribution in [0.15, 0.2) is 41.5 Å². The van der Waals surface area contributed by atoms with Crippen LogP contribution in [0.3, 0.4) is 0 Å². The van der Waals surface area contributed by atoms with E-state index >= 15 is 0 Å². The molecule has 3 rings (SSSR count). The van der Waals surface area contributed by atoms with Crippen molar-refractivity contribution in [2.75, 3.05) is 5.32 Å². The maximum Gasteiger partial charge on any atom is 0.262 e.